The van der Waals surface area contributed by atoms with Crippen molar-refractivity contribution in [2.75, 3.05) is 33.3 Å². The number of carbonyl (C=O) groups excluding carboxylic acids is 2. The number of nitrogens with one attached hydrogen (secondary N) is 1. The van der Waals surface area contributed by atoms with Crippen LogP contribution in [-0.2, 0) is 4.74 Å². The molecule has 1 amide bonds. The van der Waals surface area contributed by atoms with E-state index in [4.69, 9.17) is 18.9 Å². The van der Waals surface area contributed by atoms with Crippen molar-refractivity contribution in [2.24, 2.45) is 0 Å². The number of ether oxygens (including phenoxy) is 4. The molecule has 0 bridgehead atoms. The largest absolute Gasteiger partial charge is 0.493 e. The van der Waals surface area contributed by atoms with Gasteiger partial charge in [-0.2, -0.15) is 0 Å². The van der Waals surface area contributed by atoms with Crippen LogP contribution in [0.3, 0.4) is 0 Å². The van der Waals surface area contributed by atoms with Crippen molar-refractivity contribution in [3.05, 3.63) is 47.5 Å². The van der Waals surface area contributed by atoms with Crippen LogP contribution in [0, 0.1) is 0 Å². The smallest absolute Gasteiger partial charge is 0.338 e. The van der Waals surface area contributed by atoms with Gasteiger partial charge in [0.25, 0.3) is 5.91 Å². The van der Waals surface area contributed by atoms with Crippen molar-refractivity contribution >= 4 is 17.6 Å². The normalized spacial score (nSPS) is 10.1. The molecule has 0 saturated carbocycles. The zero-order valence-electron chi connectivity index (χ0n) is 15.8. The maximum absolute atomic E-state index is 12.6. The summed E-state index contributed by atoms with van der Waals surface area (Å²) in [5.74, 6) is 0.438. The Morgan fingerprint density at radius 2 is 1.48 bits per heavy atom. The number of carbonyl (C=O) groups is 2. The molecule has 0 heterocycles. The van der Waals surface area contributed by atoms with E-state index in [1.165, 1.54) is 21.3 Å². The van der Waals surface area contributed by atoms with Crippen molar-refractivity contribution in [1.29, 1.82) is 0 Å². The topological polar surface area (TPSA) is 83.1 Å². The number of hydrogen-bond acceptors (Lipinski definition) is 6. The third kappa shape index (κ3) is 4.91. The van der Waals surface area contributed by atoms with Gasteiger partial charge in [0.2, 0.25) is 5.75 Å². The highest BCUT2D eigenvalue weighted by molar-refractivity contribution is 6.05. The molecule has 27 heavy (non-hydrogen) atoms. The first-order chi connectivity index (χ1) is 13.0. The van der Waals surface area contributed by atoms with E-state index in [9.17, 15) is 9.59 Å². The van der Waals surface area contributed by atoms with Crippen LogP contribution in [0.15, 0.2) is 36.4 Å². The number of amides is 1. The van der Waals surface area contributed by atoms with Gasteiger partial charge in [-0.15, -0.1) is 0 Å². The average molecular weight is 373 g/mol. The number of rotatable bonds is 8. The molecule has 0 aromatic heterocycles. The molecular weight excluding hydrogens is 350 g/mol. The highest BCUT2D eigenvalue weighted by Crippen LogP contribution is 2.38. The maximum Gasteiger partial charge on any atom is 0.338 e. The summed E-state index contributed by atoms with van der Waals surface area (Å²) in [5.41, 5.74) is 1.31. The number of benzene rings is 2. The van der Waals surface area contributed by atoms with E-state index < -0.39 is 0 Å². The highest BCUT2D eigenvalue weighted by Gasteiger charge is 2.17. The minimum atomic E-state index is -0.389. The van der Waals surface area contributed by atoms with Gasteiger partial charge < -0.3 is 24.3 Å². The lowest BCUT2D eigenvalue weighted by molar-refractivity contribution is 0.0505. The van der Waals surface area contributed by atoms with Crippen molar-refractivity contribution in [2.45, 2.75) is 13.3 Å². The Hall–Kier alpha value is -3.22. The molecular formula is C20H23NO6. The van der Waals surface area contributed by atoms with Crippen LogP contribution < -0.4 is 19.5 Å². The zero-order valence-corrected chi connectivity index (χ0v) is 15.8. The zero-order chi connectivity index (χ0) is 19.8. The molecule has 2 aromatic carbocycles. The first-order valence-corrected chi connectivity index (χ1v) is 8.42. The third-order valence-electron chi connectivity index (χ3n) is 3.74. The van der Waals surface area contributed by atoms with E-state index in [-0.39, 0.29) is 11.9 Å². The van der Waals surface area contributed by atoms with Crippen LogP contribution in [0.1, 0.15) is 34.1 Å². The molecule has 2 rings (SSSR count). The Morgan fingerprint density at radius 1 is 0.889 bits per heavy atom. The summed E-state index contributed by atoms with van der Waals surface area (Å²) >= 11 is 0. The molecule has 0 aliphatic carbocycles. The maximum atomic E-state index is 12.6. The van der Waals surface area contributed by atoms with Gasteiger partial charge in [0.05, 0.1) is 33.5 Å². The Bertz CT molecular complexity index is 776. The quantitative estimate of drug-likeness (QED) is 0.713. The van der Waals surface area contributed by atoms with Crippen LogP contribution in [0.2, 0.25) is 0 Å². The fourth-order valence-corrected chi connectivity index (χ4v) is 2.38. The van der Waals surface area contributed by atoms with Crippen molar-refractivity contribution in [1.82, 2.24) is 0 Å². The van der Waals surface area contributed by atoms with E-state index in [2.05, 4.69) is 5.32 Å². The minimum absolute atomic E-state index is 0.343. The summed E-state index contributed by atoms with van der Waals surface area (Å²) in [4.78, 5) is 24.4. The predicted molar refractivity (Wildman–Crippen MR) is 101 cm³/mol. The first kappa shape index (κ1) is 20.1. The Morgan fingerprint density at radius 3 is 1.96 bits per heavy atom. The van der Waals surface area contributed by atoms with Crippen molar-refractivity contribution in [3.8, 4) is 17.2 Å². The van der Waals surface area contributed by atoms with Gasteiger partial charge in [0.15, 0.2) is 11.5 Å². The van der Waals surface area contributed by atoms with Gasteiger partial charge in [0, 0.05) is 11.3 Å². The molecule has 0 fully saturated rings. The SMILES string of the molecule is CCCOC(=O)c1ccc(NC(=O)c2cc(OC)c(OC)c(OC)c2)cc1. The number of esters is 1. The van der Waals surface area contributed by atoms with Crippen LogP contribution in [0.4, 0.5) is 5.69 Å². The minimum Gasteiger partial charge on any atom is -0.493 e. The van der Waals surface area contributed by atoms with E-state index >= 15 is 0 Å². The molecule has 0 aliphatic rings. The average Bonchev–Trinajstić information content (AvgIpc) is 2.71. The third-order valence-corrected chi connectivity index (χ3v) is 3.74. The molecule has 0 atom stereocenters. The molecule has 0 aliphatic heterocycles. The molecule has 7 nitrogen and oxygen atoms in total. The van der Waals surface area contributed by atoms with Crippen LogP contribution in [-0.4, -0.2) is 39.8 Å². The van der Waals surface area contributed by atoms with Gasteiger partial charge in [-0.05, 0) is 42.8 Å². The summed E-state index contributed by atoms with van der Waals surface area (Å²) in [6.07, 6.45) is 0.759. The van der Waals surface area contributed by atoms with Gasteiger partial charge in [-0.3, -0.25) is 4.79 Å². The van der Waals surface area contributed by atoms with Crippen molar-refractivity contribution in [3.63, 3.8) is 0 Å². The second-order valence-corrected chi connectivity index (χ2v) is 5.58. The summed E-state index contributed by atoms with van der Waals surface area (Å²) in [5, 5.41) is 2.76. The standard InChI is InChI=1S/C20H23NO6/c1-5-10-27-20(23)13-6-8-15(9-7-13)21-19(22)14-11-16(24-2)18(26-4)17(12-14)25-3/h6-9,11-12H,5,10H2,1-4H3,(H,21,22). The van der Waals surface area contributed by atoms with Gasteiger partial charge >= 0.3 is 5.97 Å². The monoisotopic (exact) mass is 373 g/mol. The van der Waals surface area contributed by atoms with E-state index in [1.54, 1.807) is 36.4 Å². The lowest BCUT2D eigenvalue weighted by Gasteiger charge is -2.14. The summed E-state index contributed by atoms with van der Waals surface area (Å²) in [6, 6.07) is 9.60. The predicted octanol–water partition coefficient (Wildman–Crippen LogP) is 3.53. The molecule has 7 heteroatoms. The Balaban J connectivity index is 2.16. The second-order valence-electron chi connectivity index (χ2n) is 5.58. The van der Waals surface area contributed by atoms with Crippen LogP contribution in [0.5, 0.6) is 17.2 Å². The molecule has 0 spiro atoms. The molecule has 144 valence electrons. The number of hydrogen-bond donors (Lipinski definition) is 1. The van der Waals surface area contributed by atoms with E-state index in [1.807, 2.05) is 6.92 Å². The molecule has 1 N–H and O–H groups in total. The van der Waals surface area contributed by atoms with Gasteiger partial charge in [-0.25, -0.2) is 4.79 Å². The van der Waals surface area contributed by atoms with Gasteiger partial charge in [-0.1, -0.05) is 6.92 Å². The Kier molecular flexibility index (Phi) is 7.05. The summed E-state index contributed by atoms with van der Waals surface area (Å²) in [7, 11) is 4.46. The van der Waals surface area contributed by atoms with Crippen LogP contribution in [0.25, 0.3) is 0 Å². The second kappa shape index (κ2) is 9.47. The fraction of sp³-hybridized carbons (Fsp3) is 0.300. The molecule has 0 unspecified atom stereocenters. The lowest BCUT2D eigenvalue weighted by Crippen LogP contribution is -2.13. The molecule has 0 saturated heterocycles. The number of anilines is 1. The van der Waals surface area contributed by atoms with Crippen LogP contribution >= 0.6 is 0 Å². The summed E-state index contributed by atoms with van der Waals surface area (Å²) < 4.78 is 20.8. The summed E-state index contributed by atoms with van der Waals surface area (Å²) in [6.45, 7) is 2.30. The first-order valence-electron chi connectivity index (χ1n) is 8.42. The fourth-order valence-electron chi connectivity index (χ4n) is 2.38. The van der Waals surface area contributed by atoms with E-state index in [0.29, 0.717) is 40.7 Å². The Labute approximate surface area is 158 Å². The highest BCUT2D eigenvalue weighted by atomic mass is 16.5. The van der Waals surface area contributed by atoms with Gasteiger partial charge in [0.1, 0.15) is 0 Å². The molecule has 0 radical (unpaired) electrons. The number of methoxy groups -OCH3 is 3. The van der Waals surface area contributed by atoms with Crippen molar-refractivity contribution < 1.29 is 28.5 Å². The lowest BCUT2D eigenvalue weighted by atomic mass is 10.1. The van der Waals surface area contributed by atoms with E-state index in [0.717, 1.165) is 6.42 Å². The molecule has 2 aromatic rings.